The first-order valence-electron chi connectivity index (χ1n) is 8.39. The quantitative estimate of drug-likeness (QED) is 0.874. The Hall–Kier alpha value is -1.69. The highest BCUT2D eigenvalue weighted by Gasteiger charge is 2.25. The molecule has 132 valence electrons. The summed E-state index contributed by atoms with van der Waals surface area (Å²) in [5.74, 6) is 1.14. The van der Waals surface area contributed by atoms with Crippen molar-refractivity contribution in [3.63, 3.8) is 0 Å². The number of anilines is 2. The highest BCUT2D eigenvalue weighted by atomic mass is 35.5. The van der Waals surface area contributed by atoms with Crippen LogP contribution in [0.15, 0.2) is 53.4 Å². The van der Waals surface area contributed by atoms with E-state index in [1.165, 1.54) is 16.1 Å². The number of thioether (sulfide) groups is 1. The number of para-hydroxylation sites is 2. The fourth-order valence-electron chi connectivity index (χ4n) is 3.37. The topological polar surface area (TPSA) is 35.6 Å². The smallest absolute Gasteiger partial charge is 0.246 e. The van der Waals surface area contributed by atoms with Gasteiger partial charge in [-0.2, -0.15) is 0 Å². The van der Waals surface area contributed by atoms with E-state index in [1.54, 1.807) is 0 Å². The number of carbonyl (C=O) groups is 1. The van der Waals surface area contributed by atoms with Crippen molar-refractivity contribution in [3.8, 4) is 0 Å². The van der Waals surface area contributed by atoms with E-state index in [9.17, 15) is 4.79 Å². The molecule has 0 radical (unpaired) electrons. The molecule has 2 heterocycles. The Morgan fingerprint density at radius 2 is 1.80 bits per heavy atom. The third-order valence-corrected chi connectivity index (χ3v) is 5.60. The molecule has 6 heteroatoms. The molecule has 2 aromatic rings. The van der Waals surface area contributed by atoms with Crippen LogP contribution in [0.2, 0.25) is 0 Å². The lowest BCUT2D eigenvalue weighted by molar-refractivity contribution is -0.117. The molecule has 0 unspecified atom stereocenters. The molecular weight excluding hydrogens is 354 g/mol. The van der Waals surface area contributed by atoms with E-state index in [0.717, 1.165) is 37.6 Å². The van der Waals surface area contributed by atoms with Crippen molar-refractivity contribution >= 4 is 41.5 Å². The van der Waals surface area contributed by atoms with E-state index < -0.39 is 0 Å². The maximum absolute atomic E-state index is 13.0. The number of fused-ring (bicyclic) bond motifs is 2. The number of benzene rings is 2. The van der Waals surface area contributed by atoms with E-state index in [1.807, 2.05) is 28.8 Å². The zero-order valence-electron chi connectivity index (χ0n) is 14.0. The Morgan fingerprint density at radius 3 is 2.68 bits per heavy atom. The van der Waals surface area contributed by atoms with Crippen molar-refractivity contribution in [2.45, 2.75) is 11.4 Å². The van der Waals surface area contributed by atoms with Crippen molar-refractivity contribution in [2.75, 3.05) is 41.7 Å². The number of hydrogen-bond acceptors (Lipinski definition) is 4. The van der Waals surface area contributed by atoms with Crippen LogP contribution in [0.3, 0.4) is 0 Å². The lowest BCUT2D eigenvalue weighted by Gasteiger charge is -2.32. The van der Waals surface area contributed by atoms with Crippen LogP contribution in [0.5, 0.6) is 0 Å². The van der Waals surface area contributed by atoms with Crippen LogP contribution in [-0.2, 0) is 11.3 Å². The summed E-state index contributed by atoms with van der Waals surface area (Å²) in [6.07, 6.45) is 0. The maximum atomic E-state index is 13.0. The van der Waals surface area contributed by atoms with Gasteiger partial charge in [0.1, 0.15) is 0 Å². The molecule has 2 aliphatic rings. The number of rotatable bonds is 2. The fourth-order valence-corrected chi connectivity index (χ4v) is 4.36. The Kier molecular flexibility index (Phi) is 5.89. The van der Waals surface area contributed by atoms with Crippen LogP contribution in [-0.4, -0.2) is 37.8 Å². The van der Waals surface area contributed by atoms with Crippen molar-refractivity contribution in [1.29, 1.82) is 0 Å². The highest BCUT2D eigenvalue weighted by molar-refractivity contribution is 7.99. The molecule has 4 rings (SSSR count). The van der Waals surface area contributed by atoms with Gasteiger partial charge in [-0.05, 0) is 23.8 Å². The number of amides is 1. The van der Waals surface area contributed by atoms with Gasteiger partial charge < -0.3 is 15.1 Å². The van der Waals surface area contributed by atoms with Crippen LogP contribution in [0.1, 0.15) is 5.56 Å². The molecule has 25 heavy (non-hydrogen) atoms. The number of halogens is 1. The first-order valence-corrected chi connectivity index (χ1v) is 9.37. The molecule has 0 atom stereocenters. The van der Waals surface area contributed by atoms with Crippen LogP contribution in [0, 0.1) is 0 Å². The highest BCUT2D eigenvalue weighted by Crippen LogP contribution is 2.34. The summed E-state index contributed by atoms with van der Waals surface area (Å²) in [4.78, 5) is 18.4. The number of carbonyl (C=O) groups excluding carboxylic acids is 1. The van der Waals surface area contributed by atoms with Crippen molar-refractivity contribution < 1.29 is 4.79 Å². The predicted molar refractivity (Wildman–Crippen MR) is 107 cm³/mol. The largest absolute Gasteiger partial charge is 0.361 e. The lowest BCUT2D eigenvalue weighted by atomic mass is 10.1. The maximum Gasteiger partial charge on any atom is 0.246 e. The van der Waals surface area contributed by atoms with E-state index >= 15 is 0 Å². The van der Waals surface area contributed by atoms with Crippen molar-refractivity contribution in [2.24, 2.45) is 0 Å². The summed E-state index contributed by atoms with van der Waals surface area (Å²) in [5.41, 5.74) is 3.49. The minimum absolute atomic E-state index is 0. The van der Waals surface area contributed by atoms with Gasteiger partial charge in [0.25, 0.3) is 0 Å². The van der Waals surface area contributed by atoms with Gasteiger partial charge in [-0.25, -0.2) is 0 Å². The van der Waals surface area contributed by atoms with Crippen LogP contribution in [0.25, 0.3) is 0 Å². The molecular formula is C19H22ClN3OS. The van der Waals surface area contributed by atoms with E-state index in [2.05, 4.69) is 46.6 Å². The van der Waals surface area contributed by atoms with Gasteiger partial charge in [0, 0.05) is 42.5 Å². The minimum Gasteiger partial charge on any atom is -0.361 e. The SMILES string of the molecule is Cl.O=C(CN1CCNCc2ccccc21)N1CCSc2ccccc21. The lowest BCUT2D eigenvalue weighted by Crippen LogP contribution is -2.44. The van der Waals surface area contributed by atoms with Crippen LogP contribution >= 0.6 is 24.2 Å². The standard InChI is InChI=1S/C19H21N3OS.ClH/c23-19(22-11-12-24-18-8-4-3-7-17(18)22)14-21-10-9-20-13-15-5-1-2-6-16(15)21;/h1-8,20H,9-14H2;1H. The molecule has 4 nitrogen and oxygen atoms in total. The Labute approximate surface area is 159 Å². The van der Waals surface area contributed by atoms with Gasteiger partial charge in [0.15, 0.2) is 0 Å². The average Bonchev–Trinajstić information content (AvgIpc) is 2.84. The first-order chi connectivity index (χ1) is 11.8. The molecule has 0 saturated carbocycles. The van der Waals surface area contributed by atoms with Gasteiger partial charge in [0.2, 0.25) is 5.91 Å². The van der Waals surface area contributed by atoms with Gasteiger partial charge in [-0.1, -0.05) is 30.3 Å². The molecule has 0 bridgehead atoms. The van der Waals surface area contributed by atoms with Crippen molar-refractivity contribution in [3.05, 3.63) is 54.1 Å². The zero-order valence-corrected chi connectivity index (χ0v) is 15.6. The van der Waals surface area contributed by atoms with E-state index in [-0.39, 0.29) is 18.3 Å². The monoisotopic (exact) mass is 375 g/mol. The number of nitrogens with zero attached hydrogens (tertiary/aromatic N) is 2. The van der Waals surface area contributed by atoms with E-state index in [4.69, 9.17) is 0 Å². The fraction of sp³-hybridized carbons (Fsp3) is 0.316. The zero-order chi connectivity index (χ0) is 16.4. The second kappa shape index (κ2) is 8.13. The second-order valence-corrected chi connectivity index (χ2v) is 7.23. The molecule has 0 spiro atoms. The number of hydrogen-bond donors (Lipinski definition) is 1. The molecule has 0 fully saturated rings. The predicted octanol–water partition coefficient (Wildman–Crippen LogP) is 3.16. The molecule has 1 N–H and O–H groups in total. The first kappa shape index (κ1) is 18.1. The second-order valence-electron chi connectivity index (χ2n) is 6.09. The Balaban J connectivity index is 0.00000182. The van der Waals surface area contributed by atoms with Crippen molar-refractivity contribution in [1.82, 2.24) is 5.32 Å². The Bertz CT molecular complexity index is 755. The molecule has 0 aromatic heterocycles. The third-order valence-electron chi connectivity index (χ3n) is 4.56. The summed E-state index contributed by atoms with van der Waals surface area (Å²) < 4.78 is 0. The summed E-state index contributed by atoms with van der Waals surface area (Å²) in [6.45, 7) is 3.83. The minimum atomic E-state index is 0. The number of nitrogens with one attached hydrogen (secondary N) is 1. The summed E-state index contributed by atoms with van der Waals surface area (Å²) >= 11 is 1.83. The molecule has 2 aromatic carbocycles. The van der Waals surface area contributed by atoms with Gasteiger partial charge in [0.05, 0.1) is 12.2 Å². The van der Waals surface area contributed by atoms with Crippen LogP contribution < -0.4 is 15.1 Å². The van der Waals surface area contributed by atoms with Gasteiger partial charge in [-0.3, -0.25) is 4.79 Å². The summed E-state index contributed by atoms with van der Waals surface area (Å²) in [7, 11) is 0. The summed E-state index contributed by atoms with van der Waals surface area (Å²) in [6, 6.07) is 16.6. The summed E-state index contributed by atoms with van der Waals surface area (Å²) in [5, 5.41) is 3.43. The molecule has 0 aliphatic carbocycles. The normalized spacial score (nSPS) is 16.3. The molecule has 1 amide bonds. The Morgan fingerprint density at radius 1 is 1.04 bits per heavy atom. The molecule has 0 saturated heterocycles. The van der Waals surface area contributed by atoms with Gasteiger partial charge >= 0.3 is 0 Å². The molecule has 2 aliphatic heterocycles. The third kappa shape index (κ3) is 3.78. The van der Waals surface area contributed by atoms with Gasteiger partial charge in [-0.15, -0.1) is 24.2 Å². The van der Waals surface area contributed by atoms with E-state index in [0.29, 0.717) is 6.54 Å². The average molecular weight is 376 g/mol. The van der Waals surface area contributed by atoms with Crippen LogP contribution in [0.4, 0.5) is 11.4 Å².